The SMILES string of the molecule is CC(=O)Nc1cc(CC(=O)O)cs1. The van der Waals surface area contributed by atoms with E-state index in [1.54, 1.807) is 11.4 Å². The molecule has 70 valence electrons. The van der Waals surface area contributed by atoms with Crippen molar-refractivity contribution in [3.8, 4) is 0 Å². The molecule has 2 N–H and O–H groups in total. The Morgan fingerprint density at radius 2 is 2.31 bits per heavy atom. The fourth-order valence-electron chi connectivity index (χ4n) is 0.882. The monoisotopic (exact) mass is 199 g/mol. The molecule has 0 aliphatic heterocycles. The van der Waals surface area contributed by atoms with Crippen molar-refractivity contribution in [3.63, 3.8) is 0 Å². The van der Waals surface area contributed by atoms with E-state index in [0.717, 1.165) is 0 Å². The van der Waals surface area contributed by atoms with Crippen LogP contribution in [-0.2, 0) is 16.0 Å². The zero-order valence-corrected chi connectivity index (χ0v) is 7.85. The van der Waals surface area contributed by atoms with Crippen molar-refractivity contribution in [2.45, 2.75) is 13.3 Å². The van der Waals surface area contributed by atoms with Gasteiger partial charge in [0.15, 0.2) is 0 Å². The third kappa shape index (κ3) is 3.25. The average molecular weight is 199 g/mol. The minimum Gasteiger partial charge on any atom is -0.481 e. The van der Waals surface area contributed by atoms with Gasteiger partial charge < -0.3 is 10.4 Å². The number of carboxylic acids is 1. The van der Waals surface area contributed by atoms with Gasteiger partial charge in [-0.3, -0.25) is 9.59 Å². The van der Waals surface area contributed by atoms with Crippen LogP contribution in [0.25, 0.3) is 0 Å². The first kappa shape index (κ1) is 9.73. The second-order valence-corrected chi connectivity index (χ2v) is 3.48. The van der Waals surface area contributed by atoms with E-state index in [0.29, 0.717) is 10.6 Å². The highest BCUT2D eigenvalue weighted by molar-refractivity contribution is 7.14. The van der Waals surface area contributed by atoms with Gasteiger partial charge >= 0.3 is 5.97 Å². The number of nitrogens with one attached hydrogen (secondary N) is 1. The van der Waals surface area contributed by atoms with E-state index in [1.165, 1.54) is 18.3 Å². The lowest BCUT2D eigenvalue weighted by Crippen LogP contribution is -2.04. The molecule has 13 heavy (non-hydrogen) atoms. The van der Waals surface area contributed by atoms with Crippen LogP contribution in [0.3, 0.4) is 0 Å². The van der Waals surface area contributed by atoms with E-state index in [4.69, 9.17) is 5.11 Å². The van der Waals surface area contributed by atoms with Crippen LogP contribution in [0.1, 0.15) is 12.5 Å². The number of carboxylic acid groups (broad SMARTS) is 1. The summed E-state index contributed by atoms with van der Waals surface area (Å²) in [4.78, 5) is 20.9. The van der Waals surface area contributed by atoms with Gasteiger partial charge in [0.1, 0.15) is 0 Å². The van der Waals surface area contributed by atoms with Crippen LogP contribution < -0.4 is 5.32 Å². The third-order valence-corrected chi connectivity index (χ3v) is 2.20. The molecule has 0 atom stereocenters. The van der Waals surface area contributed by atoms with Crippen molar-refractivity contribution in [1.82, 2.24) is 0 Å². The lowest BCUT2D eigenvalue weighted by atomic mass is 10.2. The Balaban J connectivity index is 2.63. The molecule has 0 aliphatic carbocycles. The number of hydrogen-bond acceptors (Lipinski definition) is 3. The molecule has 0 spiro atoms. The van der Waals surface area contributed by atoms with Gasteiger partial charge in [-0.25, -0.2) is 0 Å². The van der Waals surface area contributed by atoms with E-state index >= 15 is 0 Å². The Labute approximate surface area is 79.2 Å². The topological polar surface area (TPSA) is 66.4 Å². The smallest absolute Gasteiger partial charge is 0.307 e. The molecule has 0 saturated carbocycles. The summed E-state index contributed by atoms with van der Waals surface area (Å²) in [5.74, 6) is -1.02. The van der Waals surface area contributed by atoms with Gasteiger partial charge in [0.2, 0.25) is 5.91 Å². The number of carbonyl (C=O) groups is 2. The summed E-state index contributed by atoms with van der Waals surface area (Å²) < 4.78 is 0. The lowest BCUT2D eigenvalue weighted by molar-refractivity contribution is -0.136. The maximum atomic E-state index is 10.6. The van der Waals surface area contributed by atoms with Crippen molar-refractivity contribution in [1.29, 1.82) is 0 Å². The standard InChI is InChI=1S/C8H9NO3S/c1-5(10)9-7-2-6(4-13-7)3-8(11)12/h2,4H,3H2,1H3,(H,9,10)(H,11,12). The summed E-state index contributed by atoms with van der Waals surface area (Å²) >= 11 is 1.32. The molecule has 1 heterocycles. The summed E-state index contributed by atoms with van der Waals surface area (Å²) in [7, 11) is 0. The molecule has 1 amide bonds. The molecule has 0 aliphatic rings. The van der Waals surface area contributed by atoms with Gasteiger partial charge in [-0.15, -0.1) is 11.3 Å². The van der Waals surface area contributed by atoms with Crippen LogP contribution in [0.4, 0.5) is 5.00 Å². The van der Waals surface area contributed by atoms with E-state index in [-0.39, 0.29) is 12.3 Å². The number of aliphatic carboxylic acids is 1. The Morgan fingerprint density at radius 3 is 2.85 bits per heavy atom. The Hall–Kier alpha value is -1.36. The highest BCUT2D eigenvalue weighted by Gasteiger charge is 2.04. The van der Waals surface area contributed by atoms with Crippen LogP contribution in [0.2, 0.25) is 0 Å². The number of hydrogen-bond donors (Lipinski definition) is 2. The maximum Gasteiger partial charge on any atom is 0.307 e. The molecule has 0 fully saturated rings. The second kappa shape index (κ2) is 4.04. The largest absolute Gasteiger partial charge is 0.481 e. The van der Waals surface area contributed by atoms with Gasteiger partial charge in [-0.05, 0) is 17.0 Å². The van der Waals surface area contributed by atoms with Crippen molar-refractivity contribution in [2.24, 2.45) is 0 Å². The fraction of sp³-hybridized carbons (Fsp3) is 0.250. The van der Waals surface area contributed by atoms with Gasteiger partial charge in [-0.1, -0.05) is 0 Å². The highest BCUT2D eigenvalue weighted by Crippen LogP contribution is 2.20. The molecular formula is C8H9NO3S. The van der Waals surface area contributed by atoms with Crippen LogP contribution in [0.15, 0.2) is 11.4 Å². The molecule has 1 aromatic heterocycles. The van der Waals surface area contributed by atoms with Crippen LogP contribution in [0, 0.1) is 0 Å². The number of amides is 1. The van der Waals surface area contributed by atoms with Crippen LogP contribution in [-0.4, -0.2) is 17.0 Å². The van der Waals surface area contributed by atoms with Gasteiger partial charge in [0, 0.05) is 6.92 Å². The number of anilines is 1. The first-order valence-corrected chi connectivity index (χ1v) is 4.52. The Morgan fingerprint density at radius 1 is 1.62 bits per heavy atom. The van der Waals surface area contributed by atoms with Crippen molar-refractivity contribution >= 4 is 28.2 Å². The van der Waals surface area contributed by atoms with Crippen LogP contribution >= 0.6 is 11.3 Å². The number of rotatable bonds is 3. The van der Waals surface area contributed by atoms with Gasteiger partial charge in [0.25, 0.3) is 0 Å². The van der Waals surface area contributed by atoms with Gasteiger partial charge in [0.05, 0.1) is 11.4 Å². The maximum absolute atomic E-state index is 10.6. The quantitative estimate of drug-likeness (QED) is 0.771. The molecule has 0 saturated heterocycles. The van der Waals surface area contributed by atoms with Crippen LogP contribution in [0.5, 0.6) is 0 Å². The first-order valence-electron chi connectivity index (χ1n) is 3.64. The minimum atomic E-state index is -0.868. The summed E-state index contributed by atoms with van der Waals surface area (Å²) in [6, 6.07) is 1.67. The summed E-state index contributed by atoms with van der Waals surface area (Å²) in [6.07, 6.45) is -0.00388. The molecular weight excluding hydrogens is 190 g/mol. The Kier molecular flexibility index (Phi) is 3.02. The predicted molar refractivity (Wildman–Crippen MR) is 50.0 cm³/mol. The fourth-order valence-corrected chi connectivity index (χ4v) is 1.73. The zero-order valence-electron chi connectivity index (χ0n) is 7.03. The summed E-state index contributed by atoms with van der Waals surface area (Å²) in [6.45, 7) is 1.41. The molecule has 0 aromatic carbocycles. The predicted octanol–water partition coefficient (Wildman–Crippen LogP) is 1.33. The third-order valence-electron chi connectivity index (χ3n) is 1.31. The number of carbonyl (C=O) groups excluding carboxylic acids is 1. The normalized spacial score (nSPS) is 9.62. The first-order chi connectivity index (χ1) is 6.08. The molecule has 4 nitrogen and oxygen atoms in total. The zero-order chi connectivity index (χ0) is 9.84. The second-order valence-electron chi connectivity index (χ2n) is 2.57. The molecule has 0 radical (unpaired) electrons. The van der Waals surface area contributed by atoms with Crippen molar-refractivity contribution in [2.75, 3.05) is 5.32 Å². The minimum absolute atomic E-state index is 0.00388. The molecule has 1 rings (SSSR count). The molecule has 0 unspecified atom stereocenters. The van der Waals surface area contributed by atoms with Gasteiger partial charge in [-0.2, -0.15) is 0 Å². The lowest BCUT2D eigenvalue weighted by Gasteiger charge is -1.93. The Bertz CT molecular complexity index is 301. The average Bonchev–Trinajstić information content (AvgIpc) is 2.33. The summed E-state index contributed by atoms with van der Waals surface area (Å²) in [5.41, 5.74) is 0.709. The van der Waals surface area contributed by atoms with E-state index < -0.39 is 5.97 Å². The van der Waals surface area contributed by atoms with E-state index in [1.807, 2.05) is 0 Å². The van der Waals surface area contributed by atoms with Crippen molar-refractivity contribution in [3.05, 3.63) is 17.0 Å². The number of thiophene rings is 1. The van der Waals surface area contributed by atoms with E-state index in [9.17, 15) is 9.59 Å². The molecule has 0 bridgehead atoms. The van der Waals surface area contributed by atoms with Crippen molar-refractivity contribution < 1.29 is 14.7 Å². The molecule has 1 aromatic rings. The highest BCUT2D eigenvalue weighted by atomic mass is 32.1. The molecule has 5 heteroatoms. The summed E-state index contributed by atoms with van der Waals surface area (Å²) in [5, 5.41) is 13.5. The van der Waals surface area contributed by atoms with E-state index in [2.05, 4.69) is 5.32 Å².